The van der Waals surface area contributed by atoms with E-state index in [1.807, 2.05) is 0 Å². The number of sulfone groups is 1. The zero-order chi connectivity index (χ0) is 15.7. The highest BCUT2D eigenvalue weighted by atomic mass is 32.2. The number of carbonyl (C=O) groups is 1. The topological polar surface area (TPSA) is 89.3 Å². The molecular weight excluding hydrogens is 315 g/mol. The van der Waals surface area contributed by atoms with Crippen molar-refractivity contribution in [2.45, 2.75) is 23.8 Å². The Bertz CT molecular complexity index is 643. The van der Waals surface area contributed by atoms with Gasteiger partial charge in [-0.15, -0.1) is 11.8 Å². The van der Waals surface area contributed by atoms with Gasteiger partial charge in [0, 0.05) is 10.6 Å². The van der Waals surface area contributed by atoms with Crippen LogP contribution in [0.1, 0.15) is 13.3 Å². The second-order valence-electron chi connectivity index (χ2n) is 5.46. The molecule has 8 heteroatoms. The van der Waals surface area contributed by atoms with Crippen molar-refractivity contribution < 1.29 is 17.6 Å². The fraction of sp³-hybridized carbons (Fsp3) is 0.462. The summed E-state index contributed by atoms with van der Waals surface area (Å²) in [6.07, 6.45) is 0.415. The molecule has 1 fully saturated rings. The number of rotatable bonds is 4. The largest absolute Gasteiger partial charge is 0.399 e. The van der Waals surface area contributed by atoms with Crippen LogP contribution >= 0.6 is 11.8 Å². The van der Waals surface area contributed by atoms with E-state index in [1.165, 1.54) is 12.1 Å². The molecule has 1 aromatic rings. The summed E-state index contributed by atoms with van der Waals surface area (Å²) in [5.74, 6) is -0.590. The Morgan fingerprint density at radius 1 is 1.48 bits per heavy atom. The van der Waals surface area contributed by atoms with Crippen LogP contribution in [0.4, 0.5) is 10.1 Å². The minimum atomic E-state index is -3.07. The molecule has 0 aliphatic carbocycles. The lowest BCUT2D eigenvalue weighted by Gasteiger charge is -2.23. The van der Waals surface area contributed by atoms with Crippen LogP contribution < -0.4 is 11.1 Å². The zero-order valence-corrected chi connectivity index (χ0v) is 13.2. The van der Waals surface area contributed by atoms with Gasteiger partial charge in [-0.1, -0.05) is 0 Å². The molecule has 1 saturated heterocycles. The summed E-state index contributed by atoms with van der Waals surface area (Å²) in [6, 6.07) is 4.09. The molecule has 0 spiro atoms. The van der Waals surface area contributed by atoms with Crippen molar-refractivity contribution in [2.24, 2.45) is 0 Å². The Morgan fingerprint density at radius 2 is 2.19 bits per heavy atom. The molecule has 1 aliphatic heterocycles. The molecule has 1 amide bonds. The molecule has 0 bridgehead atoms. The van der Waals surface area contributed by atoms with Gasteiger partial charge in [0.05, 0.1) is 22.8 Å². The molecule has 0 aromatic heterocycles. The highest BCUT2D eigenvalue weighted by Gasteiger charge is 2.39. The first-order valence-electron chi connectivity index (χ1n) is 6.38. The maximum Gasteiger partial charge on any atom is 0.230 e. The van der Waals surface area contributed by atoms with E-state index in [9.17, 15) is 17.6 Å². The summed E-state index contributed by atoms with van der Waals surface area (Å²) < 4.78 is 36.1. The molecule has 2 rings (SSSR count). The molecule has 5 nitrogen and oxygen atoms in total. The first-order chi connectivity index (χ1) is 9.67. The van der Waals surface area contributed by atoms with Crippen LogP contribution in [-0.4, -0.2) is 37.1 Å². The Morgan fingerprint density at radius 3 is 2.76 bits per heavy atom. The number of nitrogen functional groups attached to an aromatic ring is 1. The summed E-state index contributed by atoms with van der Waals surface area (Å²) >= 11 is 1.16. The lowest BCUT2D eigenvalue weighted by Crippen LogP contribution is -2.47. The summed E-state index contributed by atoms with van der Waals surface area (Å²) in [4.78, 5) is 12.5. The highest BCUT2D eigenvalue weighted by Crippen LogP contribution is 2.25. The third-order valence-corrected chi connectivity index (χ3v) is 6.09. The monoisotopic (exact) mass is 332 g/mol. The number of benzene rings is 1. The molecule has 21 heavy (non-hydrogen) atoms. The number of amides is 1. The zero-order valence-electron chi connectivity index (χ0n) is 11.6. The van der Waals surface area contributed by atoms with Gasteiger partial charge in [0.1, 0.15) is 5.82 Å². The van der Waals surface area contributed by atoms with Gasteiger partial charge in [-0.2, -0.15) is 0 Å². The molecule has 1 aliphatic rings. The van der Waals surface area contributed by atoms with Gasteiger partial charge in [0.25, 0.3) is 0 Å². The summed E-state index contributed by atoms with van der Waals surface area (Å²) in [6.45, 7) is 1.72. The van der Waals surface area contributed by atoms with Crippen LogP contribution in [0.2, 0.25) is 0 Å². The van der Waals surface area contributed by atoms with Crippen molar-refractivity contribution in [3.63, 3.8) is 0 Å². The maximum atomic E-state index is 13.2. The smallest absolute Gasteiger partial charge is 0.230 e. The number of halogens is 1. The summed E-state index contributed by atoms with van der Waals surface area (Å²) in [5, 5.41) is 2.75. The van der Waals surface area contributed by atoms with E-state index >= 15 is 0 Å². The van der Waals surface area contributed by atoms with E-state index in [2.05, 4.69) is 5.32 Å². The van der Waals surface area contributed by atoms with Crippen molar-refractivity contribution in [1.29, 1.82) is 0 Å². The third kappa shape index (κ3) is 4.60. The molecule has 1 aromatic carbocycles. The second-order valence-corrected chi connectivity index (χ2v) is 8.69. The van der Waals surface area contributed by atoms with E-state index in [-0.39, 0.29) is 23.2 Å². The standard InChI is InChI=1S/C13H17FN2O3S2/c1-13(2-3-21(18,19)8-13)16-12(17)7-20-11-5-9(14)4-10(15)6-11/h4-6H,2-3,7-8,15H2,1H3,(H,16,17). The lowest BCUT2D eigenvalue weighted by atomic mass is 10.0. The SMILES string of the molecule is CC1(NC(=O)CSc2cc(N)cc(F)c2)CCS(=O)(=O)C1. The van der Waals surface area contributed by atoms with E-state index < -0.39 is 21.2 Å². The number of hydrogen-bond acceptors (Lipinski definition) is 5. The fourth-order valence-electron chi connectivity index (χ4n) is 2.30. The van der Waals surface area contributed by atoms with E-state index in [4.69, 9.17) is 5.73 Å². The first kappa shape index (κ1) is 16.1. The van der Waals surface area contributed by atoms with Crippen LogP contribution in [0.5, 0.6) is 0 Å². The predicted molar refractivity (Wildman–Crippen MR) is 81.4 cm³/mol. The van der Waals surface area contributed by atoms with E-state index in [0.29, 0.717) is 17.0 Å². The molecule has 3 N–H and O–H groups in total. The van der Waals surface area contributed by atoms with Gasteiger partial charge in [-0.25, -0.2) is 12.8 Å². The maximum absolute atomic E-state index is 13.2. The lowest BCUT2D eigenvalue weighted by molar-refractivity contribution is -0.120. The van der Waals surface area contributed by atoms with Crippen molar-refractivity contribution in [2.75, 3.05) is 23.0 Å². The Kier molecular flexibility index (Phi) is 4.48. The predicted octanol–water partition coefficient (Wildman–Crippen LogP) is 1.19. The number of carbonyl (C=O) groups excluding carboxylic acids is 1. The molecule has 0 radical (unpaired) electrons. The Balaban J connectivity index is 1.91. The number of nitrogens with one attached hydrogen (secondary N) is 1. The van der Waals surface area contributed by atoms with Crippen molar-refractivity contribution in [3.8, 4) is 0 Å². The van der Waals surface area contributed by atoms with Gasteiger partial charge in [0.15, 0.2) is 9.84 Å². The minimum absolute atomic E-state index is 0.0384. The quantitative estimate of drug-likeness (QED) is 0.639. The summed E-state index contributed by atoms with van der Waals surface area (Å²) in [7, 11) is -3.07. The van der Waals surface area contributed by atoms with E-state index in [0.717, 1.165) is 11.8 Å². The molecule has 1 unspecified atom stereocenters. The van der Waals surface area contributed by atoms with Crippen molar-refractivity contribution >= 4 is 33.2 Å². The average Bonchev–Trinajstić information content (AvgIpc) is 2.59. The normalized spacial score (nSPS) is 23.9. The number of thioether (sulfide) groups is 1. The first-order valence-corrected chi connectivity index (χ1v) is 9.18. The Labute approximate surface area is 127 Å². The molecule has 116 valence electrons. The summed E-state index contributed by atoms with van der Waals surface area (Å²) in [5.41, 5.74) is 5.12. The van der Waals surface area contributed by atoms with Crippen molar-refractivity contribution in [3.05, 3.63) is 24.0 Å². The highest BCUT2D eigenvalue weighted by molar-refractivity contribution is 8.00. The van der Waals surface area contributed by atoms with Gasteiger partial charge >= 0.3 is 0 Å². The number of anilines is 1. The Hall–Kier alpha value is -1.28. The van der Waals surface area contributed by atoms with Crippen LogP contribution in [0.25, 0.3) is 0 Å². The third-order valence-electron chi connectivity index (χ3n) is 3.21. The van der Waals surface area contributed by atoms with Crippen LogP contribution in [0.15, 0.2) is 23.1 Å². The average molecular weight is 332 g/mol. The molecule has 1 heterocycles. The van der Waals surface area contributed by atoms with Crippen molar-refractivity contribution in [1.82, 2.24) is 5.32 Å². The van der Waals surface area contributed by atoms with E-state index in [1.54, 1.807) is 13.0 Å². The number of nitrogens with two attached hydrogens (primary N) is 1. The second kappa shape index (κ2) is 5.84. The number of hydrogen-bond donors (Lipinski definition) is 2. The van der Waals surface area contributed by atoms with Gasteiger partial charge in [-0.05, 0) is 31.5 Å². The molecule has 0 saturated carbocycles. The van der Waals surface area contributed by atoms with Gasteiger partial charge in [0.2, 0.25) is 5.91 Å². The fourth-order valence-corrected chi connectivity index (χ4v) is 5.18. The van der Waals surface area contributed by atoms with Gasteiger partial charge < -0.3 is 11.1 Å². The van der Waals surface area contributed by atoms with Crippen LogP contribution in [-0.2, 0) is 14.6 Å². The van der Waals surface area contributed by atoms with Crippen LogP contribution in [0, 0.1) is 5.82 Å². The minimum Gasteiger partial charge on any atom is -0.399 e. The van der Waals surface area contributed by atoms with Gasteiger partial charge in [-0.3, -0.25) is 4.79 Å². The van der Waals surface area contributed by atoms with Crippen LogP contribution in [0.3, 0.4) is 0 Å². The molecular formula is C13H17FN2O3S2. The molecule has 1 atom stereocenters.